The molecule has 0 fully saturated rings. The Balaban J connectivity index is 1.50. The number of anilines is 1. The zero-order valence-electron chi connectivity index (χ0n) is 25.6. The maximum Gasteiger partial charge on any atom is 0.306 e. The van der Waals surface area contributed by atoms with Gasteiger partial charge in [-0.3, -0.25) is 14.1 Å². The fourth-order valence-electron chi connectivity index (χ4n) is 4.93. The van der Waals surface area contributed by atoms with Gasteiger partial charge in [-0.15, -0.1) is 0 Å². The van der Waals surface area contributed by atoms with Gasteiger partial charge in [0, 0.05) is 23.7 Å². The highest BCUT2D eigenvalue weighted by Gasteiger charge is 2.21. The number of methoxy groups -OCH3 is 1. The summed E-state index contributed by atoms with van der Waals surface area (Å²) >= 11 is 0. The molecule has 0 unspecified atom stereocenters. The fraction of sp³-hybridized carbons (Fsp3) is 0.257. The first-order valence-electron chi connectivity index (χ1n) is 14.9. The number of fused-ring (bicyclic) bond motifs is 1. The first-order valence-corrected chi connectivity index (χ1v) is 16.4. The van der Waals surface area contributed by atoms with Gasteiger partial charge in [-0.25, -0.2) is 13.4 Å². The van der Waals surface area contributed by atoms with Crippen LogP contribution >= 0.6 is 0 Å². The molecular formula is C35H37N3O6S. The predicted molar refractivity (Wildman–Crippen MR) is 175 cm³/mol. The molecule has 1 heterocycles. The molecule has 1 N–H and O–H groups in total. The summed E-state index contributed by atoms with van der Waals surface area (Å²) in [4.78, 5) is 16.9. The number of carbonyl (C=O) groups is 1. The van der Waals surface area contributed by atoms with Crippen molar-refractivity contribution in [3.05, 3.63) is 97.1 Å². The number of nitrogens with one attached hydrogen (secondary N) is 1. The molecule has 9 nitrogen and oxygen atoms in total. The number of esters is 1. The summed E-state index contributed by atoms with van der Waals surface area (Å²) in [5, 5.41) is 0. The zero-order valence-corrected chi connectivity index (χ0v) is 26.4. The molecule has 0 saturated carbocycles. The van der Waals surface area contributed by atoms with Crippen molar-refractivity contribution >= 4 is 32.7 Å². The van der Waals surface area contributed by atoms with Gasteiger partial charge in [0.2, 0.25) is 0 Å². The number of hydrogen-bond acceptors (Lipinski definition) is 7. The molecule has 0 aliphatic rings. The monoisotopic (exact) mass is 627 g/mol. The summed E-state index contributed by atoms with van der Waals surface area (Å²) in [6, 6.07) is 29.4. The molecule has 0 bridgehead atoms. The number of ether oxygens (including phenoxy) is 3. The van der Waals surface area contributed by atoms with Crippen LogP contribution in [0.25, 0.3) is 28.1 Å². The molecule has 0 amide bonds. The Labute approximate surface area is 263 Å². The first kappa shape index (κ1) is 31.6. The van der Waals surface area contributed by atoms with Crippen molar-refractivity contribution in [2.45, 2.75) is 50.5 Å². The zero-order chi connectivity index (χ0) is 31.8. The maximum atomic E-state index is 13.5. The topological polar surface area (TPSA) is 109 Å². The van der Waals surface area contributed by atoms with Gasteiger partial charge in [0.05, 0.1) is 41.4 Å². The van der Waals surface area contributed by atoms with Crippen LogP contribution in [-0.2, 0) is 19.6 Å². The quantitative estimate of drug-likeness (QED) is 0.101. The summed E-state index contributed by atoms with van der Waals surface area (Å²) < 4.78 is 48.4. The second kappa shape index (κ2) is 14.3. The third-order valence-electron chi connectivity index (χ3n) is 7.07. The lowest BCUT2D eigenvalue weighted by atomic mass is 10.2. The molecule has 0 aliphatic carbocycles. The Bertz CT molecular complexity index is 1840. The molecule has 234 valence electrons. The number of carbonyl (C=O) groups excluding carboxylic acids is 1. The van der Waals surface area contributed by atoms with Gasteiger partial charge in [-0.05, 0) is 75.6 Å². The Hall–Kier alpha value is -4.83. The van der Waals surface area contributed by atoms with Crippen molar-refractivity contribution in [3.8, 4) is 28.6 Å². The number of benzene rings is 4. The van der Waals surface area contributed by atoms with Crippen LogP contribution in [0.1, 0.15) is 39.5 Å². The maximum absolute atomic E-state index is 13.5. The van der Waals surface area contributed by atoms with Crippen molar-refractivity contribution < 1.29 is 27.4 Å². The Morgan fingerprint density at radius 3 is 2.24 bits per heavy atom. The minimum Gasteiger partial charge on any atom is -0.497 e. The molecule has 1 aromatic heterocycles. The van der Waals surface area contributed by atoms with E-state index in [9.17, 15) is 13.2 Å². The van der Waals surface area contributed by atoms with Crippen LogP contribution in [0, 0.1) is 0 Å². The van der Waals surface area contributed by atoms with E-state index in [2.05, 4.69) is 4.72 Å². The highest BCUT2D eigenvalue weighted by Crippen LogP contribution is 2.36. The molecular weight excluding hydrogens is 590 g/mol. The van der Waals surface area contributed by atoms with Gasteiger partial charge in [-0.2, -0.15) is 0 Å². The highest BCUT2D eigenvalue weighted by atomic mass is 32.2. The fourth-order valence-corrected chi connectivity index (χ4v) is 5.99. The van der Waals surface area contributed by atoms with Crippen LogP contribution in [0.4, 0.5) is 5.69 Å². The van der Waals surface area contributed by atoms with E-state index >= 15 is 0 Å². The predicted octanol–water partition coefficient (Wildman–Crippen LogP) is 7.39. The summed E-state index contributed by atoms with van der Waals surface area (Å²) in [6.45, 7) is 3.98. The number of para-hydroxylation sites is 1. The number of unbranched alkanes of at least 4 members (excludes halogenated alkanes) is 2. The van der Waals surface area contributed by atoms with E-state index in [0.717, 1.165) is 23.2 Å². The van der Waals surface area contributed by atoms with E-state index in [-0.39, 0.29) is 22.7 Å². The second-order valence-electron chi connectivity index (χ2n) is 10.8. The molecule has 0 radical (unpaired) electrons. The van der Waals surface area contributed by atoms with E-state index in [1.54, 1.807) is 18.2 Å². The number of sulfonamides is 1. The van der Waals surface area contributed by atoms with Gasteiger partial charge in [0.1, 0.15) is 17.3 Å². The summed E-state index contributed by atoms with van der Waals surface area (Å²) in [5.41, 5.74) is 3.46. The van der Waals surface area contributed by atoms with Crippen molar-refractivity contribution in [3.63, 3.8) is 0 Å². The van der Waals surface area contributed by atoms with Crippen LogP contribution in [0.5, 0.6) is 11.5 Å². The molecule has 4 aromatic carbocycles. The van der Waals surface area contributed by atoms with E-state index in [1.165, 1.54) is 19.2 Å². The smallest absolute Gasteiger partial charge is 0.306 e. The average molecular weight is 628 g/mol. The molecule has 5 rings (SSSR count). The highest BCUT2D eigenvalue weighted by molar-refractivity contribution is 7.92. The van der Waals surface area contributed by atoms with Crippen LogP contribution in [0.15, 0.2) is 102 Å². The van der Waals surface area contributed by atoms with E-state index < -0.39 is 10.0 Å². The largest absolute Gasteiger partial charge is 0.497 e. The van der Waals surface area contributed by atoms with E-state index in [1.807, 2.05) is 85.1 Å². The number of aromatic nitrogens is 2. The van der Waals surface area contributed by atoms with Crippen LogP contribution in [0.2, 0.25) is 0 Å². The van der Waals surface area contributed by atoms with Crippen molar-refractivity contribution in [1.82, 2.24) is 9.55 Å². The number of rotatable bonds is 14. The lowest BCUT2D eigenvalue weighted by molar-refractivity contribution is -0.147. The molecule has 0 saturated heterocycles. The minimum atomic E-state index is -3.97. The van der Waals surface area contributed by atoms with Crippen LogP contribution < -0.4 is 14.2 Å². The molecule has 0 atom stereocenters. The van der Waals surface area contributed by atoms with Gasteiger partial charge >= 0.3 is 5.97 Å². The third kappa shape index (κ3) is 7.82. The number of nitrogens with zero attached hydrogens (tertiary/aromatic N) is 2. The number of hydrogen-bond donors (Lipinski definition) is 1. The third-order valence-corrected chi connectivity index (χ3v) is 8.45. The van der Waals surface area contributed by atoms with Crippen LogP contribution in [0.3, 0.4) is 0 Å². The molecule has 45 heavy (non-hydrogen) atoms. The Morgan fingerprint density at radius 1 is 0.889 bits per heavy atom. The standard InChI is InChI=1S/C35H37N3O6S/c1-25(2)44-34(39)17-11-6-12-22-43-33-24-32-30(23-31(33)37-45(40,41)29-20-18-28(42-3)19-21-29)36-35(26-13-7-4-8-14-26)38(32)27-15-9-5-10-16-27/h4-5,7-10,13-16,18-21,23-25,37H,6,11-12,17,22H2,1-3H3. The SMILES string of the molecule is COc1ccc(S(=O)(=O)Nc2cc3nc(-c4ccccc4)n(-c4ccccc4)c3cc2OCCCCCC(=O)OC(C)C)cc1. The van der Waals surface area contributed by atoms with Crippen molar-refractivity contribution in [2.24, 2.45) is 0 Å². The van der Waals surface area contributed by atoms with Gasteiger partial charge in [-0.1, -0.05) is 48.5 Å². The lowest BCUT2D eigenvalue weighted by Gasteiger charge is -2.15. The van der Waals surface area contributed by atoms with E-state index in [0.29, 0.717) is 48.7 Å². The summed E-state index contributed by atoms with van der Waals surface area (Å²) in [5.74, 6) is 1.42. The number of imidazole rings is 1. The van der Waals surface area contributed by atoms with Crippen molar-refractivity contribution in [1.29, 1.82) is 0 Å². The Morgan fingerprint density at radius 2 is 1.58 bits per heavy atom. The summed E-state index contributed by atoms with van der Waals surface area (Å²) in [6.07, 6.45) is 2.30. The first-order chi connectivity index (χ1) is 21.7. The van der Waals surface area contributed by atoms with Gasteiger partial charge < -0.3 is 14.2 Å². The van der Waals surface area contributed by atoms with E-state index in [4.69, 9.17) is 19.2 Å². The summed E-state index contributed by atoms with van der Waals surface area (Å²) in [7, 11) is -2.44. The van der Waals surface area contributed by atoms with Crippen molar-refractivity contribution in [2.75, 3.05) is 18.4 Å². The lowest BCUT2D eigenvalue weighted by Crippen LogP contribution is -2.14. The van der Waals surface area contributed by atoms with Crippen LogP contribution in [-0.4, -0.2) is 43.8 Å². The minimum absolute atomic E-state index is 0.0856. The van der Waals surface area contributed by atoms with Gasteiger partial charge in [0.25, 0.3) is 10.0 Å². The molecule has 0 aliphatic heterocycles. The van der Waals surface area contributed by atoms with Gasteiger partial charge in [0.15, 0.2) is 0 Å². The second-order valence-corrected chi connectivity index (χ2v) is 12.5. The molecule has 10 heteroatoms. The molecule has 5 aromatic rings. The Kier molecular flexibility index (Phi) is 10.0. The molecule has 0 spiro atoms. The normalized spacial score (nSPS) is 11.5. The average Bonchev–Trinajstić information content (AvgIpc) is 3.41.